The summed E-state index contributed by atoms with van der Waals surface area (Å²) in [7, 11) is 1.65. The van der Waals surface area contributed by atoms with Crippen molar-refractivity contribution >= 4 is 16.5 Å². The Bertz CT molecular complexity index is 487. The summed E-state index contributed by atoms with van der Waals surface area (Å²) in [5, 5.41) is 3.89. The number of nitrogens with zero attached hydrogens (tertiary/aromatic N) is 1. The molecule has 0 saturated heterocycles. The van der Waals surface area contributed by atoms with E-state index in [-0.39, 0.29) is 5.82 Å². The summed E-state index contributed by atoms with van der Waals surface area (Å²) in [5.41, 5.74) is 0.588. The fraction of sp³-hybridized carbons (Fsp3) is 0.250. The maximum atomic E-state index is 13.5. The number of ether oxygens (including phenoxy) is 1. The van der Waals surface area contributed by atoms with Gasteiger partial charge < -0.3 is 10.1 Å². The Morgan fingerprint density at radius 1 is 1.41 bits per heavy atom. The molecule has 90 valence electrons. The molecule has 5 heteroatoms. The van der Waals surface area contributed by atoms with Crippen LogP contribution in [-0.2, 0) is 4.74 Å². The van der Waals surface area contributed by atoms with E-state index in [1.165, 1.54) is 17.4 Å². The summed E-state index contributed by atoms with van der Waals surface area (Å²) >= 11 is 1.43. The van der Waals surface area contributed by atoms with Crippen LogP contribution in [-0.4, -0.2) is 25.2 Å². The average molecular weight is 252 g/mol. The van der Waals surface area contributed by atoms with Crippen LogP contribution in [0.1, 0.15) is 0 Å². The number of halogens is 1. The first kappa shape index (κ1) is 12.0. The number of anilines is 1. The molecule has 0 bridgehead atoms. The van der Waals surface area contributed by atoms with Crippen molar-refractivity contribution in [2.24, 2.45) is 0 Å². The number of hydrogen-bond donors (Lipinski definition) is 1. The molecule has 3 nitrogen and oxygen atoms in total. The lowest BCUT2D eigenvalue weighted by atomic mass is 10.2. The van der Waals surface area contributed by atoms with Crippen LogP contribution in [0.4, 0.5) is 9.52 Å². The zero-order valence-electron chi connectivity index (χ0n) is 9.44. The van der Waals surface area contributed by atoms with E-state index in [1.807, 2.05) is 6.07 Å². The van der Waals surface area contributed by atoms with Crippen molar-refractivity contribution in [3.05, 3.63) is 36.3 Å². The van der Waals surface area contributed by atoms with Gasteiger partial charge in [-0.1, -0.05) is 29.5 Å². The van der Waals surface area contributed by atoms with Crippen LogP contribution in [0.3, 0.4) is 0 Å². The monoisotopic (exact) mass is 252 g/mol. The second kappa shape index (κ2) is 5.75. The summed E-state index contributed by atoms with van der Waals surface area (Å²) in [4.78, 5) is 5.01. The van der Waals surface area contributed by atoms with Crippen LogP contribution in [0.25, 0.3) is 10.4 Å². The molecule has 17 heavy (non-hydrogen) atoms. The van der Waals surface area contributed by atoms with E-state index in [9.17, 15) is 4.39 Å². The summed E-state index contributed by atoms with van der Waals surface area (Å²) in [5.74, 6) is -0.223. The lowest BCUT2D eigenvalue weighted by molar-refractivity contribution is 0.211. The van der Waals surface area contributed by atoms with Crippen LogP contribution < -0.4 is 5.32 Å². The lowest BCUT2D eigenvalue weighted by Gasteiger charge is -2.00. The highest BCUT2D eigenvalue weighted by Gasteiger charge is 2.07. The summed E-state index contributed by atoms with van der Waals surface area (Å²) in [6.07, 6.45) is 1.68. The zero-order valence-corrected chi connectivity index (χ0v) is 10.3. The van der Waals surface area contributed by atoms with Gasteiger partial charge in [0.2, 0.25) is 0 Å². The smallest absolute Gasteiger partial charge is 0.183 e. The Morgan fingerprint density at radius 2 is 2.24 bits per heavy atom. The minimum atomic E-state index is -0.223. The van der Waals surface area contributed by atoms with Crippen molar-refractivity contribution in [3.63, 3.8) is 0 Å². The fourth-order valence-electron chi connectivity index (χ4n) is 1.40. The lowest BCUT2D eigenvalue weighted by Crippen LogP contribution is -2.06. The maximum Gasteiger partial charge on any atom is 0.183 e. The number of benzene rings is 1. The van der Waals surface area contributed by atoms with Gasteiger partial charge in [0.15, 0.2) is 5.13 Å². The molecule has 2 aromatic rings. The number of methoxy groups -OCH3 is 1. The number of aromatic nitrogens is 1. The minimum Gasteiger partial charge on any atom is -0.383 e. The third kappa shape index (κ3) is 3.01. The van der Waals surface area contributed by atoms with Crippen LogP contribution in [0, 0.1) is 5.82 Å². The first-order valence-corrected chi connectivity index (χ1v) is 6.06. The van der Waals surface area contributed by atoms with Crippen molar-refractivity contribution in [1.82, 2.24) is 4.98 Å². The van der Waals surface area contributed by atoms with Gasteiger partial charge in [-0.2, -0.15) is 0 Å². The molecule has 0 aliphatic heterocycles. The molecular formula is C12H13FN2OS. The molecule has 1 heterocycles. The zero-order chi connectivity index (χ0) is 12.1. The molecular weight excluding hydrogens is 239 g/mol. The molecule has 1 aromatic carbocycles. The topological polar surface area (TPSA) is 34.1 Å². The minimum absolute atomic E-state index is 0.223. The van der Waals surface area contributed by atoms with E-state index in [2.05, 4.69) is 10.3 Å². The molecule has 0 fully saturated rings. The molecule has 0 atom stereocenters. The second-order valence-electron chi connectivity index (χ2n) is 3.43. The van der Waals surface area contributed by atoms with E-state index < -0.39 is 0 Å². The Hall–Kier alpha value is -1.46. The summed E-state index contributed by atoms with van der Waals surface area (Å²) in [6, 6.07) is 6.70. The van der Waals surface area contributed by atoms with Crippen molar-refractivity contribution in [3.8, 4) is 10.4 Å². The number of nitrogens with one attached hydrogen (secondary N) is 1. The Kier molecular flexibility index (Phi) is 4.06. The fourth-order valence-corrected chi connectivity index (χ4v) is 2.27. The molecule has 0 aliphatic rings. The molecule has 1 aromatic heterocycles. The highest BCUT2D eigenvalue weighted by atomic mass is 32.1. The van der Waals surface area contributed by atoms with Crippen molar-refractivity contribution < 1.29 is 9.13 Å². The predicted octanol–water partition coefficient (Wildman–Crippen LogP) is 3.01. The van der Waals surface area contributed by atoms with Crippen LogP contribution in [0.15, 0.2) is 30.5 Å². The second-order valence-corrected chi connectivity index (χ2v) is 4.46. The molecule has 0 unspecified atom stereocenters. The third-order valence-electron chi connectivity index (χ3n) is 2.23. The Balaban J connectivity index is 2.10. The Labute approximate surface area is 103 Å². The average Bonchev–Trinajstić information content (AvgIpc) is 2.79. The number of rotatable bonds is 5. The van der Waals surface area contributed by atoms with Gasteiger partial charge in [0.25, 0.3) is 0 Å². The van der Waals surface area contributed by atoms with Crippen molar-refractivity contribution in [1.29, 1.82) is 0 Å². The van der Waals surface area contributed by atoms with Gasteiger partial charge in [0, 0.05) is 25.4 Å². The van der Waals surface area contributed by atoms with Gasteiger partial charge in [0.1, 0.15) is 5.82 Å². The van der Waals surface area contributed by atoms with Gasteiger partial charge in [-0.15, -0.1) is 0 Å². The van der Waals surface area contributed by atoms with E-state index in [4.69, 9.17) is 4.74 Å². The van der Waals surface area contributed by atoms with E-state index in [1.54, 1.807) is 25.4 Å². The van der Waals surface area contributed by atoms with E-state index in [0.29, 0.717) is 18.7 Å². The van der Waals surface area contributed by atoms with E-state index >= 15 is 0 Å². The van der Waals surface area contributed by atoms with Crippen LogP contribution >= 0.6 is 11.3 Å². The molecule has 1 N–H and O–H groups in total. The maximum absolute atomic E-state index is 13.5. The normalized spacial score (nSPS) is 10.5. The number of thiazole rings is 1. The first-order valence-electron chi connectivity index (χ1n) is 5.25. The predicted molar refractivity (Wildman–Crippen MR) is 67.9 cm³/mol. The molecule has 0 aliphatic carbocycles. The van der Waals surface area contributed by atoms with Gasteiger partial charge in [-0.25, -0.2) is 9.37 Å². The standard InChI is InChI=1S/C12H13FN2OS/c1-16-7-6-14-12-15-8-11(17-12)9-4-2-3-5-10(9)13/h2-5,8H,6-7H2,1H3,(H,14,15). The molecule has 0 saturated carbocycles. The number of hydrogen-bond acceptors (Lipinski definition) is 4. The highest BCUT2D eigenvalue weighted by Crippen LogP contribution is 2.30. The van der Waals surface area contributed by atoms with Gasteiger partial charge in [-0.3, -0.25) is 0 Å². The third-order valence-corrected chi connectivity index (χ3v) is 3.22. The van der Waals surface area contributed by atoms with Gasteiger partial charge >= 0.3 is 0 Å². The quantitative estimate of drug-likeness (QED) is 0.831. The van der Waals surface area contributed by atoms with Crippen LogP contribution in [0.2, 0.25) is 0 Å². The first-order chi connectivity index (χ1) is 8.31. The Morgan fingerprint density at radius 3 is 3.00 bits per heavy atom. The van der Waals surface area contributed by atoms with Crippen molar-refractivity contribution in [2.75, 3.05) is 25.6 Å². The molecule has 2 rings (SSSR count). The van der Waals surface area contributed by atoms with Gasteiger partial charge in [0.05, 0.1) is 11.5 Å². The van der Waals surface area contributed by atoms with E-state index in [0.717, 1.165) is 10.0 Å². The largest absolute Gasteiger partial charge is 0.383 e. The summed E-state index contributed by atoms with van der Waals surface area (Å²) in [6.45, 7) is 1.31. The molecule has 0 radical (unpaired) electrons. The van der Waals surface area contributed by atoms with Gasteiger partial charge in [-0.05, 0) is 6.07 Å². The highest BCUT2D eigenvalue weighted by molar-refractivity contribution is 7.18. The summed E-state index contributed by atoms with van der Waals surface area (Å²) < 4.78 is 18.5. The molecule has 0 spiro atoms. The van der Waals surface area contributed by atoms with Crippen molar-refractivity contribution in [2.45, 2.75) is 0 Å². The van der Waals surface area contributed by atoms with Crippen LogP contribution in [0.5, 0.6) is 0 Å². The SMILES string of the molecule is COCCNc1ncc(-c2ccccc2F)s1. The molecule has 0 amide bonds.